The second kappa shape index (κ2) is 15.6. The normalized spacial score (nSPS) is 25.2. The third-order valence-electron chi connectivity index (χ3n) is 7.39. The van der Waals surface area contributed by atoms with E-state index in [0.717, 1.165) is 51.4 Å². The van der Waals surface area contributed by atoms with Crippen molar-refractivity contribution in [3.63, 3.8) is 0 Å². The van der Waals surface area contributed by atoms with Gasteiger partial charge in [-0.1, -0.05) is 45.4 Å². The quantitative estimate of drug-likeness (QED) is 0.216. The van der Waals surface area contributed by atoms with Crippen molar-refractivity contribution in [2.45, 2.75) is 134 Å². The summed E-state index contributed by atoms with van der Waals surface area (Å²) in [5.74, 6) is -5.68. The molecule has 0 amide bonds. The second-order valence-electron chi connectivity index (χ2n) is 10.2. The highest BCUT2D eigenvalue weighted by Gasteiger charge is 2.45. The van der Waals surface area contributed by atoms with Crippen molar-refractivity contribution in [2.24, 2.45) is 11.8 Å². The molecule has 0 spiro atoms. The molecule has 2 fully saturated rings. The maximum absolute atomic E-state index is 14.4. The largest absolute Gasteiger partial charge is 0.481 e. The van der Waals surface area contributed by atoms with Crippen molar-refractivity contribution in [2.75, 3.05) is 6.61 Å². The minimum Gasteiger partial charge on any atom is -0.481 e. The molecule has 1 N–H and O–H groups in total. The smallest absolute Gasteiger partial charge is 0.305 e. The number of carboxylic acid groups (broad SMARTS) is 1. The molecule has 2 rings (SSSR count). The number of ether oxygens (including phenoxy) is 2. The Morgan fingerprint density at radius 1 is 1.03 bits per heavy atom. The van der Waals surface area contributed by atoms with Crippen LogP contribution in [0.2, 0.25) is 0 Å². The number of aliphatic carboxylic acids is 1. The predicted octanol–water partition coefficient (Wildman–Crippen LogP) is 6.48. The minimum atomic E-state index is -3.32. The van der Waals surface area contributed by atoms with Crippen LogP contribution in [0.4, 0.5) is 8.78 Å². The van der Waals surface area contributed by atoms with Crippen molar-refractivity contribution in [1.82, 2.24) is 0 Å². The first-order valence-corrected chi connectivity index (χ1v) is 13.7. The average molecular weight is 503 g/mol. The molecular weight excluding hydrogens is 458 g/mol. The van der Waals surface area contributed by atoms with E-state index >= 15 is 0 Å². The fourth-order valence-electron chi connectivity index (χ4n) is 5.31. The molecule has 1 aliphatic heterocycles. The lowest BCUT2D eigenvalue weighted by Gasteiger charge is -2.30. The van der Waals surface area contributed by atoms with Gasteiger partial charge in [-0.3, -0.25) is 14.4 Å². The number of carbonyl (C=O) groups excluding carboxylic acids is 2. The summed E-state index contributed by atoms with van der Waals surface area (Å²) >= 11 is 0. The maximum Gasteiger partial charge on any atom is 0.305 e. The van der Waals surface area contributed by atoms with Crippen LogP contribution in [0.1, 0.15) is 116 Å². The van der Waals surface area contributed by atoms with E-state index in [1.165, 1.54) is 0 Å². The number of ketones is 2. The van der Waals surface area contributed by atoms with Gasteiger partial charge in [-0.05, 0) is 50.9 Å². The van der Waals surface area contributed by atoms with Gasteiger partial charge in [-0.2, -0.15) is 8.78 Å². The van der Waals surface area contributed by atoms with E-state index in [2.05, 4.69) is 0 Å². The summed E-state index contributed by atoms with van der Waals surface area (Å²) in [4.78, 5) is 35.9. The average Bonchev–Trinajstić information content (AvgIpc) is 3.11. The van der Waals surface area contributed by atoms with Gasteiger partial charge in [0.15, 0.2) is 6.29 Å². The lowest BCUT2D eigenvalue weighted by molar-refractivity contribution is -0.196. The first-order chi connectivity index (χ1) is 16.7. The molecule has 6 nitrogen and oxygen atoms in total. The Kier molecular flexibility index (Phi) is 13.3. The summed E-state index contributed by atoms with van der Waals surface area (Å²) < 4.78 is 40.7. The fourth-order valence-corrected chi connectivity index (χ4v) is 5.31. The lowest BCUT2D eigenvalue weighted by atomic mass is 9.84. The number of halogens is 2. The number of hydrogen-bond acceptors (Lipinski definition) is 5. The van der Waals surface area contributed by atoms with Crippen molar-refractivity contribution < 1.29 is 37.7 Å². The Morgan fingerprint density at radius 3 is 2.46 bits per heavy atom. The predicted molar refractivity (Wildman–Crippen MR) is 128 cm³/mol. The third-order valence-corrected chi connectivity index (χ3v) is 7.39. The third kappa shape index (κ3) is 10.6. The molecule has 0 radical (unpaired) electrons. The monoisotopic (exact) mass is 502 g/mol. The molecule has 0 aromatic heterocycles. The standard InChI is InChI=1S/C27H44F2O6/c1-2-3-4-10-17-27(28,29)24(31)16-15-21-20(12-7-5-6-8-13-25(32)33)22(30)19-23(21)35-26-14-9-11-18-34-26/h20-21,23,26H,2-19H2,1H3,(H,32,33)/t20?,21-,23+,26?/m1/s1. The molecule has 0 aromatic carbocycles. The summed E-state index contributed by atoms with van der Waals surface area (Å²) in [6, 6.07) is 0. The van der Waals surface area contributed by atoms with Gasteiger partial charge in [-0.15, -0.1) is 0 Å². The second-order valence-corrected chi connectivity index (χ2v) is 10.2. The number of hydrogen-bond donors (Lipinski definition) is 1. The van der Waals surface area contributed by atoms with Gasteiger partial charge in [0, 0.05) is 38.2 Å². The Bertz CT molecular complexity index is 662. The Morgan fingerprint density at radius 2 is 1.77 bits per heavy atom. The van der Waals surface area contributed by atoms with Crippen LogP contribution in [0.15, 0.2) is 0 Å². The molecule has 1 aliphatic carbocycles. The summed E-state index contributed by atoms with van der Waals surface area (Å²) in [5, 5.41) is 8.76. The van der Waals surface area contributed by atoms with Gasteiger partial charge >= 0.3 is 11.9 Å². The van der Waals surface area contributed by atoms with E-state index < -0.39 is 30.2 Å². The summed E-state index contributed by atoms with van der Waals surface area (Å²) in [7, 11) is 0. The molecular formula is C27H44F2O6. The van der Waals surface area contributed by atoms with Crippen LogP contribution in [0.5, 0.6) is 0 Å². The number of unbranched alkanes of at least 4 members (excludes halogenated alkanes) is 6. The zero-order valence-corrected chi connectivity index (χ0v) is 21.3. The topological polar surface area (TPSA) is 89.9 Å². The SMILES string of the molecule is CCCCCCC(F)(F)C(=O)CC[C@@H]1C(CCCCCCC(=O)O)C(=O)C[C@@H]1OC1CCCCO1. The van der Waals surface area contributed by atoms with Crippen LogP contribution >= 0.6 is 0 Å². The fraction of sp³-hybridized carbons (Fsp3) is 0.889. The van der Waals surface area contributed by atoms with Crippen LogP contribution in [0.25, 0.3) is 0 Å². The van der Waals surface area contributed by atoms with E-state index in [1.54, 1.807) is 0 Å². The van der Waals surface area contributed by atoms with Gasteiger partial charge in [0.05, 0.1) is 6.10 Å². The Labute approximate surface area is 208 Å². The van der Waals surface area contributed by atoms with E-state index in [-0.39, 0.29) is 49.6 Å². The molecule has 35 heavy (non-hydrogen) atoms. The molecule has 2 aliphatic rings. The maximum atomic E-state index is 14.4. The van der Waals surface area contributed by atoms with Gasteiger partial charge in [0.2, 0.25) is 5.78 Å². The molecule has 1 saturated heterocycles. The van der Waals surface area contributed by atoms with Crippen molar-refractivity contribution in [3.05, 3.63) is 0 Å². The zero-order valence-electron chi connectivity index (χ0n) is 21.3. The zero-order chi connectivity index (χ0) is 25.7. The van der Waals surface area contributed by atoms with Crippen LogP contribution in [0, 0.1) is 11.8 Å². The number of carboxylic acids is 1. The number of Topliss-reactive ketones (excluding diaryl/α,β-unsaturated/α-hetero) is 2. The molecule has 0 bridgehead atoms. The lowest BCUT2D eigenvalue weighted by Crippen LogP contribution is -2.33. The van der Waals surface area contributed by atoms with Crippen LogP contribution in [-0.2, 0) is 23.9 Å². The highest BCUT2D eigenvalue weighted by atomic mass is 19.3. The number of carbonyl (C=O) groups is 3. The van der Waals surface area contributed by atoms with E-state index in [0.29, 0.717) is 32.3 Å². The van der Waals surface area contributed by atoms with Gasteiger partial charge in [-0.25, -0.2) is 0 Å². The molecule has 4 atom stereocenters. The van der Waals surface area contributed by atoms with E-state index in [9.17, 15) is 23.2 Å². The first kappa shape index (κ1) is 29.8. The number of alkyl halides is 2. The van der Waals surface area contributed by atoms with E-state index in [1.807, 2.05) is 6.92 Å². The summed E-state index contributed by atoms with van der Waals surface area (Å²) in [6.07, 6.45) is 8.28. The molecule has 1 heterocycles. The van der Waals surface area contributed by atoms with Crippen molar-refractivity contribution in [1.29, 1.82) is 0 Å². The van der Waals surface area contributed by atoms with Crippen molar-refractivity contribution in [3.8, 4) is 0 Å². The Balaban J connectivity index is 1.93. The van der Waals surface area contributed by atoms with Crippen LogP contribution in [-0.4, -0.2) is 47.6 Å². The van der Waals surface area contributed by atoms with Gasteiger partial charge < -0.3 is 14.6 Å². The molecule has 202 valence electrons. The van der Waals surface area contributed by atoms with Gasteiger partial charge in [0.1, 0.15) is 5.78 Å². The molecule has 0 aromatic rings. The highest BCUT2D eigenvalue weighted by molar-refractivity contribution is 5.86. The van der Waals surface area contributed by atoms with Crippen LogP contribution in [0.3, 0.4) is 0 Å². The van der Waals surface area contributed by atoms with E-state index in [4.69, 9.17) is 14.6 Å². The minimum absolute atomic E-state index is 0.0696. The molecule has 2 unspecified atom stereocenters. The molecule has 8 heteroatoms. The Hall–Kier alpha value is -1.41. The highest BCUT2D eigenvalue weighted by Crippen LogP contribution is 2.40. The summed E-state index contributed by atoms with van der Waals surface area (Å²) in [6.45, 7) is 2.62. The van der Waals surface area contributed by atoms with Gasteiger partial charge in [0.25, 0.3) is 0 Å². The first-order valence-electron chi connectivity index (χ1n) is 13.7. The summed E-state index contributed by atoms with van der Waals surface area (Å²) in [5.41, 5.74) is 0. The number of rotatable bonds is 18. The van der Waals surface area contributed by atoms with Crippen molar-refractivity contribution >= 4 is 17.5 Å². The van der Waals surface area contributed by atoms with Crippen LogP contribution < -0.4 is 0 Å². The molecule has 1 saturated carbocycles.